The number of hydrogen-bond donors (Lipinski definition) is 1. The van der Waals surface area contributed by atoms with E-state index in [1.165, 1.54) is 0 Å². The minimum Gasteiger partial charge on any atom is -0.508 e. The van der Waals surface area contributed by atoms with Gasteiger partial charge >= 0.3 is 12.1 Å². The molecule has 9 nitrogen and oxygen atoms in total. The van der Waals surface area contributed by atoms with Crippen LogP contribution in [0.3, 0.4) is 0 Å². The van der Waals surface area contributed by atoms with Gasteiger partial charge in [0.15, 0.2) is 0 Å². The molecule has 1 N–H and O–H groups in total. The van der Waals surface area contributed by atoms with Gasteiger partial charge in [-0.15, -0.1) is 0 Å². The van der Waals surface area contributed by atoms with Crippen molar-refractivity contribution in [2.75, 3.05) is 0 Å². The molecule has 0 saturated heterocycles. The minimum absolute atomic E-state index is 0.0343. The number of hydrogen-bond acceptors (Lipinski definition) is 8. The molecule has 1 unspecified atom stereocenters. The number of cyclic esters (lactones) is 1. The number of nitrogens with zero attached hydrogens (tertiary/aromatic N) is 2. The molecule has 9 heteroatoms. The average Bonchev–Trinajstić information content (AvgIpc) is 3.31. The molecular formula is C31H28N2O7. The number of carbonyl (C=O) groups is 2. The molecule has 0 fully saturated rings. The maximum absolute atomic E-state index is 13.8. The van der Waals surface area contributed by atoms with Gasteiger partial charge < -0.3 is 23.9 Å². The van der Waals surface area contributed by atoms with E-state index < -0.39 is 17.7 Å². The monoisotopic (exact) mass is 540 g/mol. The smallest absolute Gasteiger partial charge is 0.508 e. The summed E-state index contributed by atoms with van der Waals surface area (Å²) in [5.74, 6) is -0.615. The van der Waals surface area contributed by atoms with E-state index in [0.717, 1.165) is 27.6 Å². The van der Waals surface area contributed by atoms with Gasteiger partial charge in [-0.25, -0.2) is 14.6 Å². The van der Waals surface area contributed by atoms with Crippen LogP contribution >= 0.6 is 0 Å². The Morgan fingerprint density at radius 1 is 1.10 bits per heavy atom. The van der Waals surface area contributed by atoms with Crippen molar-refractivity contribution >= 4 is 23.0 Å². The van der Waals surface area contributed by atoms with E-state index in [-0.39, 0.29) is 42.1 Å². The Morgan fingerprint density at radius 3 is 2.60 bits per heavy atom. The number of fused-ring (bicyclic) bond motifs is 5. The van der Waals surface area contributed by atoms with Gasteiger partial charge in [-0.2, -0.15) is 0 Å². The fourth-order valence-electron chi connectivity index (χ4n) is 5.71. The van der Waals surface area contributed by atoms with E-state index in [1.807, 2.05) is 38.1 Å². The summed E-state index contributed by atoms with van der Waals surface area (Å²) in [6.07, 6.45) is -0.326. The fraction of sp³-hybridized carbons (Fsp3) is 0.290. The van der Waals surface area contributed by atoms with Gasteiger partial charge in [0.2, 0.25) is 5.60 Å². The molecule has 2 aliphatic heterocycles. The molecule has 4 heterocycles. The lowest BCUT2D eigenvalue weighted by atomic mass is 9.85. The van der Waals surface area contributed by atoms with Gasteiger partial charge in [-0.1, -0.05) is 43.7 Å². The second-order valence-corrected chi connectivity index (χ2v) is 10.2. The number of rotatable bonds is 5. The van der Waals surface area contributed by atoms with Crippen molar-refractivity contribution in [2.45, 2.75) is 59.0 Å². The Balaban J connectivity index is 1.43. The van der Waals surface area contributed by atoms with E-state index in [2.05, 4.69) is 0 Å². The van der Waals surface area contributed by atoms with Gasteiger partial charge in [0.05, 0.1) is 29.0 Å². The van der Waals surface area contributed by atoms with Crippen molar-refractivity contribution in [1.82, 2.24) is 9.55 Å². The van der Waals surface area contributed by atoms with E-state index in [0.29, 0.717) is 29.9 Å². The zero-order valence-corrected chi connectivity index (χ0v) is 22.4. The highest BCUT2D eigenvalue weighted by Crippen LogP contribution is 2.42. The standard InChI is InChI=1S/C31H28N2O7/c1-4-20-21-12-19(34)10-11-25(21)32-27-22(20)14-33-26(27)13-24-23(28(33)35)16-38-29(36)31(24,5-2)40-30(37)39-15-18-8-6-17(3)7-9-18/h6-13,34H,4-5,14-16H2,1-3H3. The lowest BCUT2D eigenvalue weighted by molar-refractivity contribution is -0.175. The Bertz CT molecular complexity index is 1760. The Hall–Kier alpha value is -4.66. The Kier molecular flexibility index (Phi) is 6.09. The number of phenols is 1. The molecule has 0 bridgehead atoms. The van der Waals surface area contributed by atoms with Crippen molar-refractivity contribution in [3.63, 3.8) is 0 Å². The van der Waals surface area contributed by atoms with Crippen LogP contribution in [0.2, 0.25) is 0 Å². The number of pyridine rings is 2. The van der Waals surface area contributed by atoms with Crippen LogP contribution in [0.5, 0.6) is 5.75 Å². The summed E-state index contributed by atoms with van der Waals surface area (Å²) in [7, 11) is 0. The van der Waals surface area contributed by atoms with Crippen LogP contribution < -0.4 is 5.56 Å². The normalized spacial score (nSPS) is 17.1. The highest BCUT2D eigenvalue weighted by molar-refractivity contribution is 5.90. The van der Waals surface area contributed by atoms with E-state index in [4.69, 9.17) is 19.2 Å². The van der Waals surface area contributed by atoms with Crippen LogP contribution in [-0.2, 0) is 50.8 Å². The largest absolute Gasteiger partial charge is 0.510 e. The molecule has 40 heavy (non-hydrogen) atoms. The molecule has 2 aromatic heterocycles. The Morgan fingerprint density at radius 2 is 1.88 bits per heavy atom. The summed E-state index contributed by atoms with van der Waals surface area (Å²) in [5, 5.41) is 10.9. The molecule has 2 aliphatic rings. The SMILES string of the molecule is CCc1c2c(nc3ccc(O)cc13)-c1cc3c(c(=O)n1C2)COC(=O)C3(CC)OC(=O)OCc1ccc(C)cc1. The van der Waals surface area contributed by atoms with Crippen LogP contribution in [0.25, 0.3) is 22.3 Å². The summed E-state index contributed by atoms with van der Waals surface area (Å²) >= 11 is 0. The van der Waals surface area contributed by atoms with Gasteiger partial charge in [0.1, 0.15) is 19.0 Å². The van der Waals surface area contributed by atoms with Crippen molar-refractivity contribution in [2.24, 2.45) is 0 Å². The first-order valence-corrected chi connectivity index (χ1v) is 13.3. The third kappa shape index (κ3) is 3.92. The number of aromatic nitrogens is 2. The molecular weight excluding hydrogens is 512 g/mol. The van der Waals surface area contributed by atoms with Crippen LogP contribution in [0.4, 0.5) is 4.79 Å². The maximum Gasteiger partial charge on any atom is 0.510 e. The van der Waals surface area contributed by atoms with Crippen molar-refractivity contribution in [3.05, 3.63) is 92.3 Å². The first-order chi connectivity index (χ1) is 19.3. The topological polar surface area (TPSA) is 117 Å². The van der Waals surface area contributed by atoms with E-state index in [1.54, 1.807) is 35.8 Å². The highest BCUT2D eigenvalue weighted by Gasteiger charge is 2.51. The van der Waals surface area contributed by atoms with Crippen LogP contribution in [-0.4, -0.2) is 26.8 Å². The number of phenolic OH excluding ortho intramolecular Hbond substituents is 1. The molecule has 4 aromatic rings. The first kappa shape index (κ1) is 25.6. The Labute approximate surface area is 229 Å². The highest BCUT2D eigenvalue weighted by atomic mass is 16.7. The molecule has 0 saturated carbocycles. The molecule has 2 aromatic carbocycles. The zero-order chi connectivity index (χ0) is 28.2. The third-order valence-electron chi connectivity index (χ3n) is 7.85. The zero-order valence-electron chi connectivity index (χ0n) is 22.4. The average molecular weight is 541 g/mol. The lowest BCUT2D eigenvalue weighted by Crippen LogP contribution is -2.47. The molecule has 0 radical (unpaired) electrons. The minimum atomic E-state index is -1.84. The van der Waals surface area contributed by atoms with Gasteiger partial charge in [-0.05, 0) is 55.2 Å². The van der Waals surface area contributed by atoms with Crippen LogP contribution in [0.15, 0.2) is 53.3 Å². The lowest BCUT2D eigenvalue weighted by Gasteiger charge is -2.35. The number of benzene rings is 2. The number of ether oxygens (including phenoxy) is 3. The third-order valence-corrected chi connectivity index (χ3v) is 7.85. The van der Waals surface area contributed by atoms with Gasteiger partial charge in [0, 0.05) is 16.5 Å². The molecule has 0 amide bonds. The molecule has 0 spiro atoms. The number of aromatic hydroxyl groups is 1. The predicted molar refractivity (Wildman–Crippen MR) is 146 cm³/mol. The van der Waals surface area contributed by atoms with Gasteiger partial charge in [-0.3, -0.25) is 4.79 Å². The van der Waals surface area contributed by atoms with Gasteiger partial charge in [0.25, 0.3) is 5.56 Å². The quantitative estimate of drug-likeness (QED) is 0.309. The summed E-state index contributed by atoms with van der Waals surface area (Å²) in [4.78, 5) is 44.7. The summed E-state index contributed by atoms with van der Waals surface area (Å²) in [6.45, 7) is 5.70. The molecule has 0 aliphatic carbocycles. The van der Waals surface area contributed by atoms with E-state index in [9.17, 15) is 19.5 Å². The second kappa shape index (κ2) is 9.51. The van der Waals surface area contributed by atoms with Crippen molar-refractivity contribution in [1.29, 1.82) is 0 Å². The number of esters is 1. The molecule has 204 valence electrons. The second-order valence-electron chi connectivity index (χ2n) is 10.2. The van der Waals surface area contributed by atoms with Crippen molar-refractivity contribution in [3.8, 4) is 17.1 Å². The number of aryl methyl sites for hydroxylation is 2. The van der Waals surface area contributed by atoms with Crippen LogP contribution in [0.1, 0.15) is 53.6 Å². The van der Waals surface area contributed by atoms with Crippen LogP contribution in [0, 0.1) is 6.92 Å². The summed E-state index contributed by atoms with van der Waals surface area (Å²) < 4.78 is 18.1. The van der Waals surface area contributed by atoms with E-state index >= 15 is 0 Å². The first-order valence-electron chi connectivity index (χ1n) is 13.3. The van der Waals surface area contributed by atoms with Crippen molar-refractivity contribution < 1.29 is 28.9 Å². The number of carbonyl (C=O) groups excluding carboxylic acids is 2. The molecule has 1 atom stereocenters. The maximum atomic E-state index is 13.8. The fourth-order valence-corrected chi connectivity index (χ4v) is 5.71. The summed E-state index contributed by atoms with van der Waals surface area (Å²) in [6, 6.07) is 14.2. The molecule has 6 rings (SSSR count). The summed E-state index contributed by atoms with van der Waals surface area (Å²) in [5.41, 5.74) is 3.92. The predicted octanol–water partition coefficient (Wildman–Crippen LogP) is 5.02.